The van der Waals surface area contributed by atoms with Crippen molar-refractivity contribution in [2.24, 2.45) is 11.1 Å². The molecule has 13 heteroatoms. The average molecular weight is 517 g/mol. The highest BCUT2D eigenvalue weighted by atomic mass is 32.2. The molecule has 0 radical (unpaired) electrons. The van der Waals surface area contributed by atoms with E-state index >= 15 is 0 Å². The van der Waals surface area contributed by atoms with Crippen LogP contribution < -0.4 is 10.5 Å². The maximum Gasteiger partial charge on any atom is 0.282 e. The molecule has 3 aliphatic heterocycles. The van der Waals surface area contributed by atoms with Gasteiger partial charge >= 0.3 is 0 Å². The number of amides is 1. The molecule has 1 spiro atoms. The number of piperidine rings is 2. The van der Waals surface area contributed by atoms with Crippen molar-refractivity contribution in [2.45, 2.75) is 42.8 Å². The van der Waals surface area contributed by atoms with Crippen LogP contribution in [0.1, 0.15) is 31.2 Å². The first-order valence-corrected chi connectivity index (χ1v) is 14.5. The second kappa shape index (κ2) is 10.2. The quantitative estimate of drug-likeness (QED) is 0.509. The lowest BCUT2D eigenvalue weighted by molar-refractivity contribution is -0.179. The molecule has 1 atom stereocenters. The second-order valence-corrected chi connectivity index (χ2v) is 12.4. The summed E-state index contributed by atoms with van der Waals surface area (Å²) in [6.07, 6.45) is 2.78. The standard InChI is InChI=1S/C21H32N4O7S2/c22-33(27,28)19-5-3-17(4-6-19)7-10-23-20(26)18-2-1-11-25(16-18)34(29,30)24-12-8-21(9-13-24)31-14-15-32-21/h3-6,18H,1-2,7-16H2,(H,23,26)(H2,22,27,28)/t18-/m0/s1. The lowest BCUT2D eigenvalue weighted by Gasteiger charge is -2.40. The van der Waals surface area contributed by atoms with Crippen LogP contribution in [-0.4, -0.2) is 83.1 Å². The molecule has 3 saturated heterocycles. The van der Waals surface area contributed by atoms with Gasteiger partial charge in [0.05, 0.1) is 24.0 Å². The summed E-state index contributed by atoms with van der Waals surface area (Å²) >= 11 is 0. The van der Waals surface area contributed by atoms with Crippen molar-refractivity contribution in [3.8, 4) is 0 Å². The van der Waals surface area contributed by atoms with Crippen LogP contribution in [0.2, 0.25) is 0 Å². The van der Waals surface area contributed by atoms with Gasteiger partial charge in [0.25, 0.3) is 10.2 Å². The molecule has 1 amide bonds. The van der Waals surface area contributed by atoms with E-state index in [0.29, 0.717) is 71.5 Å². The number of sulfonamides is 1. The monoisotopic (exact) mass is 516 g/mol. The lowest BCUT2D eigenvalue weighted by Crippen LogP contribution is -2.54. The van der Waals surface area contributed by atoms with E-state index in [4.69, 9.17) is 14.6 Å². The minimum Gasteiger partial charge on any atom is -0.355 e. The fourth-order valence-electron chi connectivity index (χ4n) is 4.69. The van der Waals surface area contributed by atoms with Crippen molar-refractivity contribution in [3.63, 3.8) is 0 Å². The number of carbonyl (C=O) groups excluding carboxylic acids is 1. The summed E-state index contributed by atoms with van der Waals surface area (Å²) in [6.45, 7) is 2.67. The van der Waals surface area contributed by atoms with E-state index in [1.54, 1.807) is 12.1 Å². The fraction of sp³-hybridized carbons (Fsp3) is 0.667. The predicted octanol–water partition coefficient (Wildman–Crippen LogP) is -0.212. The van der Waals surface area contributed by atoms with Crippen LogP contribution >= 0.6 is 0 Å². The minimum atomic E-state index is -3.74. The number of hydrogen-bond acceptors (Lipinski definition) is 7. The smallest absolute Gasteiger partial charge is 0.282 e. The SMILES string of the molecule is NS(=O)(=O)c1ccc(CCNC(=O)[C@H]2CCCN(S(=O)(=O)N3CCC4(CC3)OCCO4)C2)cc1. The zero-order valence-electron chi connectivity index (χ0n) is 19.0. The Balaban J connectivity index is 1.27. The number of primary sulfonamides is 1. The van der Waals surface area contributed by atoms with Crippen LogP contribution in [0.5, 0.6) is 0 Å². The topological polar surface area (TPSA) is 148 Å². The normalized spacial score (nSPS) is 24.3. The highest BCUT2D eigenvalue weighted by Crippen LogP contribution is 2.33. The number of rotatable bonds is 7. The average Bonchev–Trinajstić information content (AvgIpc) is 3.27. The molecule has 34 heavy (non-hydrogen) atoms. The summed E-state index contributed by atoms with van der Waals surface area (Å²) in [5.41, 5.74) is 0.860. The molecule has 0 unspecified atom stereocenters. The zero-order valence-corrected chi connectivity index (χ0v) is 20.7. The molecule has 11 nitrogen and oxygen atoms in total. The van der Waals surface area contributed by atoms with Crippen molar-refractivity contribution >= 4 is 26.1 Å². The Kier molecular flexibility index (Phi) is 7.62. The first kappa shape index (κ1) is 25.5. The molecule has 0 aliphatic carbocycles. The van der Waals surface area contributed by atoms with Gasteiger partial charge in [-0.3, -0.25) is 4.79 Å². The van der Waals surface area contributed by atoms with E-state index in [9.17, 15) is 21.6 Å². The van der Waals surface area contributed by atoms with E-state index in [2.05, 4.69) is 5.32 Å². The van der Waals surface area contributed by atoms with Crippen LogP contribution in [0.4, 0.5) is 0 Å². The Bertz CT molecular complexity index is 1080. The molecule has 4 rings (SSSR count). The Morgan fingerprint density at radius 1 is 1.03 bits per heavy atom. The molecule has 190 valence electrons. The lowest BCUT2D eigenvalue weighted by atomic mass is 9.99. The third-order valence-corrected chi connectivity index (χ3v) is 9.60. The van der Waals surface area contributed by atoms with Crippen LogP contribution in [-0.2, 0) is 40.9 Å². The molecule has 0 aromatic heterocycles. The molecule has 1 aromatic carbocycles. The van der Waals surface area contributed by atoms with Gasteiger partial charge in [0.15, 0.2) is 5.79 Å². The zero-order chi connectivity index (χ0) is 24.4. The van der Waals surface area contributed by atoms with Crippen LogP contribution in [0.15, 0.2) is 29.2 Å². The van der Waals surface area contributed by atoms with Crippen LogP contribution in [0, 0.1) is 5.92 Å². The van der Waals surface area contributed by atoms with Crippen molar-refractivity contribution in [1.29, 1.82) is 0 Å². The van der Waals surface area contributed by atoms with Gasteiger partial charge in [-0.2, -0.15) is 17.0 Å². The molecular weight excluding hydrogens is 484 g/mol. The highest BCUT2D eigenvalue weighted by molar-refractivity contribution is 7.89. The second-order valence-electron chi connectivity index (χ2n) is 8.94. The summed E-state index contributed by atoms with van der Waals surface area (Å²) in [7, 11) is -7.40. The van der Waals surface area contributed by atoms with Gasteiger partial charge in [-0.15, -0.1) is 0 Å². The number of carbonyl (C=O) groups is 1. The Morgan fingerprint density at radius 2 is 1.68 bits per heavy atom. The van der Waals surface area contributed by atoms with E-state index in [1.165, 1.54) is 20.7 Å². The van der Waals surface area contributed by atoms with E-state index in [1.807, 2.05) is 0 Å². The third kappa shape index (κ3) is 5.78. The van der Waals surface area contributed by atoms with Crippen molar-refractivity contribution in [3.05, 3.63) is 29.8 Å². The van der Waals surface area contributed by atoms with Crippen LogP contribution in [0.3, 0.4) is 0 Å². The fourth-order valence-corrected chi connectivity index (χ4v) is 6.91. The molecule has 3 N–H and O–H groups in total. The number of nitrogens with one attached hydrogen (secondary N) is 1. The molecule has 3 heterocycles. The van der Waals surface area contributed by atoms with Gasteiger partial charge in [-0.05, 0) is 37.0 Å². The third-order valence-electron chi connectivity index (χ3n) is 6.67. The summed E-state index contributed by atoms with van der Waals surface area (Å²) < 4.78 is 63.3. The number of hydrogen-bond donors (Lipinski definition) is 2. The Labute approximate surface area is 200 Å². The van der Waals surface area contributed by atoms with Crippen LogP contribution in [0.25, 0.3) is 0 Å². The largest absolute Gasteiger partial charge is 0.355 e. The Hall–Kier alpha value is -1.61. The number of nitrogens with two attached hydrogens (primary N) is 1. The predicted molar refractivity (Wildman–Crippen MR) is 123 cm³/mol. The van der Waals surface area contributed by atoms with Crippen molar-refractivity contribution < 1.29 is 31.1 Å². The number of nitrogens with zero attached hydrogens (tertiary/aromatic N) is 2. The molecule has 3 aliphatic rings. The minimum absolute atomic E-state index is 0.0379. The van der Waals surface area contributed by atoms with Gasteiger partial charge in [0.2, 0.25) is 15.9 Å². The molecule has 0 bridgehead atoms. The van der Waals surface area contributed by atoms with Gasteiger partial charge in [0.1, 0.15) is 0 Å². The summed E-state index contributed by atoms with van der Waals surface area (Å²) in [6, 6.07) is 6.18. The number of benzene rings is 1. The highest BCUT2D eigenvalue weighted by Gasteiger charge is 2.44. The maximum atomic E-state index is 13.2. The molecule has 1 aromatic rings. The molecular formula is C21H32N4O7S2. The first-order chi connectivity index (χ1) is 16.1. The molecule has 3 fully saturated rings. The maximum absolute atomic E-state index is 13.2. The summed E-state index contributed by atoms with van der Waals surface area (Å²) in [5.74, 6) is -1.23. The summed E-state index contributed by atoms with van der Waals surface area (Å²) in [5, 5.41) is 7.98. The summed E-state index contributed by atoms with van der Waals surface area (Å²) in [4.78, 5) is 12.8. The van der Waals surface area contributed by atoms with Gasteiger partial charge < -0.3 is 14.8 Å². The van der Waals surface area contributed by atoms with Crippen molar-refractivity contribution in [2.75, 3.05) is 45.9 Å². The van der Waals surface area contributed by atoms with E-state index < -0.39 is 31.9 Å². The van der Waals surface area contributed by atoms with E-state index in [0.717, 1.165) is 5.56 Å². The van der Waals surface area contributed by atoms with Crippen molar-refractivity contribution in [1.82, 2.24) is 13.9 Å². The number of ether oxygens (including phenoxy) is 2. The Morgan fingerprint density at radius 3 is 2.29 bits per heavy atom. The molecule has 0 saturated carbocycles. The van der Waals surface area contributed by atoms with Gasteiger partial charge in [-0.25, -0.2) is 13.6 Å². The van der Waals surface area contributed by atoms with Gasteiger partial charge in [-0.1, -0.05) is 12.1 Å². The first-order valence-electron chi connectivity index (χ1n) is 11.5. The van der Waals surface area contributed by atoms with E-state index in [-0.39, 0.29) is 17.3 Å². The van der Waals surface area contributed by atoms with Gasteiger partial charge in [0, 0.05) is 45.6 Å².